The first-order valence-corrected chi connectivity index (χ1v) is 6.90. The summed E-state index contributed by atoms with van der Waals surface area (Å²) in [5, 5.41) is 0. The van der Waals surface area contributed by atoms with Gasteiger partial charge in [-0.2, -0.15) is 0 Å². The molecule has 0 unspecified atom stereocenters. The maximum atomic E-state index is 13.8. The number of ether oxygens (including phenoxy) is 2. The van der Waals surface area contributed by atoms with Crippen molar-refractivity contribution in [2.75, 3.05) is 27.3 Å². The van der Waals surface area contributed by atoms with Crippen LogP contribution in [0, 0.1) is 5.82 Å². The fourth-order valence-corrected chi connectivity index (χ4v) is 3.34. The van der Waals surface area contributed by atoms with Gasteiger partial charge in [0.05, 0.1) is 13.7 Å². The lowest BCUT2D eigenvalue weighted by Crippen LogP contribution is -2.27. The lowest BCUT2D eigenvalue weighted by atomic mass is 9.92. The van der Waals surface area contributed by atoms with Crippen LogP contribution in [0.5, 0.6) is 11.5 Å². The molecule has 0 radical (unpaired) electrons. The summed E-state index contributed by atoms with van der Waals surface area (Å²) in [4.78, 5) is 2.39. The van der Waals surface area contributed by atoms with Crippen molar-refractivity contribution in [1.82, 2.24) is 4.90 Å². The van der Waals surface area contributed by atoms with Gasteiger partial charge < -0.3 is 14.4 Å². The molecule has 0 aromatic heterocycles. The zero-order valence-electron chi connectivity index (χ0n) is 11.5. The molecule has 0 saturated carbocycles. The van der Waals surface area contributed by atoms with Crippen LogP contribution in [0.3, 0.4) is 0 Å². The Hall–Kier alpha value is -1.29. The summed E-state index contributed by atoms with van der Waals surface area (Å²) in [6, 6.07) is 3.71. The Morgan fingerprint density at radius 2 is 2.32 bits per heavy atom. The van der Waals surface area contributed by atoms with Gasteiger partial charge in [0, 0.05) is 17.5 Å². The minimum Gasteiger partial charge on any atom is -0.493 e. The summed E-state index contributed by atoms with van der Waals surface area (Å²) in [6.07, 6.45) is 3.49. The lowest BCUT2D eigenvalue weighted by Gasteiger charge is -2.22. The summed E-state index contributed by atoms with van der Waals surface area (Å²) in [5.74, 6) is 1.09. The minimum atomic E-state index is -0.295. The number of hydrogen-bond acceptors (Lipinski definition) is 3. The fourth-order valence-electron chi connectivity index (χ4n) is 3.34. The molecule has 1 aromatic carbocycles. The van der Waals surface area contributed by atoms with Crippen LogP contribution in [0.15, 0.2) is 12.1 Å². The molecule has 1 aromatic rings. The minimum absolute atomic E-state index is 0.242. The number of methoxy groups -OCH3 is 1. The summed E-state index contributed by atoms with van der Waals surface area (Å²) < 4.78 is 24.7. The van der Waals surface area contributed by atoms with Crippen LogP contribution in [0.1, 0.15) is 30.7 Å². The maximum absolute atomic E-state index is 13.8. The summed E-state index contributed by atoms with van der Waals surface area (Å²) >= 11 is 0. The monoisotopic (exact) mass is 265 g/mol. The molecule has 1 saturated heterocycles. The Labute approximate surface area is 113 Å². The van der Waals surface area contributed by atoms with Gasteiger partial charge in [0.2, 0.25) is 0 Å². The number of fused-ring (bicyclic) bond motifs is 1. The first-order chi connectivity index (χ1) is 9.20. The normalized spacial score (nSPS) is 26.3. The van der Waals surface area contributed by atoms with E-state index in [0.29, 0.717) is 18.4 Å². The maximum Gasteiger partial charge on any atom is 0.165 e. The Morgan fingerprint density at radius 1 is 1.47 bits per heavy atom. The van der Waals surface area contributed by atoms with Crippen LogP contribution >= 0.6 is 0 Å². The Morgan fingerprint density at radius 3 is 3.00 bits per heavy atom. The summed E-state index contributed by atoms with van der Waals surface area (Å²) in [7, 11) is 3.69. The van der Waals surface area contributed by atoms with Gasteiger partial charge in [0.25, 0.3) is 0 Å². The molecule has 2 heterocycles. The average molecular weight is 265 g/mol. The predicted octanol–water partition coefficient (Wildman–Crippen LogP) is 2.79. The summed E-state index contributed by atoms with van der Waals surface area (Å²) in [6.45, 7) is 1.80. The molecule has 2 aliphatic rings. The first-order valence-electron chi connectivity index (χ1n) is 6.90. The number of nitrogens with zero attached hydrogens (tertiary/aromatic N) is 1. The molecular weight excluding hydrogens is 245 g/mol. The second kappa shape index (κ2) is 5.00. The standard InChI is InChI=1S/C15H20FNO2/c1-17-7-3-4-11(17)8-10-9-19-13-6-5-12(16)15(18-2)14(10)13/h5-6,10-11H,3-4,7-9H2,1-2H3/t10-,11+/m0/s1. The molecule has 3 nitrogen and oxygen atoms in total. The van der Waals surface area contributed by atoms with E-state index in [1.807, 2.05) is 0 Å². The van der Waals surface area contributed by atoms with Gasteiger partial charge in [-0.15, -0.1) is 0 Å². The molecule has 0 aliphatic carbocycles. The van der Waals surface area contributed by atoms with E-state index in [1.54, 1.807) is 6.07 Å². The third-order valence-electron chi connectivity index (χ3n) is 4.39. The van der Waals surface area contributed by atoms with Crippen molar-refractivity contribution in [2.45, 2.75) is 31.2 Å². The highest BCUT2D eigenvalue weighted by Crippen LogP contribution is 2.44. The number of hydrogen-bond donors (Lipinski definition) is 0. The quantitative estimate of drug-likeness (QED) is 0.839. The van der Waals surface area contributed by atoms with E-state index in [-0.39, 0.29) is 11.7 Å². The molecule has 4 heteroatoms. The van der Waals surface area contributed by atoms with Gasteiger partial charge in [-0.25, -0.2) is 4.39 Å². The highest BCUT2D eigenvalue weighted by Gasteiger charge is 2.33. The van der Waals surface area contributed by atoms with E-state index >= 15 is 0 Å². The molecule has 19 heavy (non-hydrogen) atoms. The number of halogens is 1. The lowest BCUT2D eigenvalue weighted by molar-refractivity contribution is 0.256. The van der Waals surface area contributed by atoms with Gasteiger partial charge in [-0.1, -0.05) is 0 Å². The van der Waals surface area contributed by atoms with Crippen LogP contribution < -0.4 is 9.47 Å². The highest BCUT2D eigenvalue weighted by atomic mass is 19.1. The van der Waals surface area contributed by atoms with Crippen molar-refractivity contribution >= 4 is 0 Å². The third kappa shape index (κ3) is 2.18. The zero-order chi connectivity index (χ0) is 13.4. The number of benzene rings is 1. The Kier molecular flexibility index (Phi) is 3.35. The van der Waals surface area contributed by atoms with E-state index in [1.165, 1.54) is 26.0 Å². The fraction of sp³-hybridized carbons (Fsp3) is 0.600. The molecule has 2 aliphatic heterocycles. The van der Waals surface area contributed by atoms with Crippen LogP contribution in [0.2, 0.25) is 0 Å². The van der Waals surface area contributed by atoms with Gasteiger partial charge >= 0.3 is 0 Å². The van der Waals surface area contributed by atoms with Crippen molar-refractivity contribution in [3.8, 4) is 11.5 Å². The molecule has 3 rings (SSSR count). The highest BCUT2D eigenvalue weighted by molar-refractivity contribution is 5.50. The first kappa shape index (κ1) is 12.7. The number of likely N-dealkylation sites (tertiary alicyclic amines) is 1. The number of rotatable bonds is 3. The van der Waals surface area contributed by atoms with Crippen molar-refractivity contribution in [3.05, 3.63) is 23.5 Å². The van der Waals surface area contributed by atoms with Crippen molar-refractivity contribution in [1.29, 1.82) is 0 Å². The zero-order valence-corrected chi connectivity index (χ0v) is 11.5. The Bertz CT molecular complexity index is 477. The van der Waals surface area contributed by atoms with Gasteiger partial charge in [0.15, 0.2) is 11.6 Å². The molecule has 0 spiro atoms. The topological polar surface area (TPSA) is 21.7 Å². The van der Waals surface area contributed by atoms with Crippen molar-refractivity contribution in [3.63, 3.8) is 0 Å². The van der Waals surface area contributed by atoms with Crippen LogP contribution in [-0.2, 0) is 0 Å². The molecule has 0 amide bonds. The van der Waals surface area contributed by atoms with E-state index in [0.717, 1.165) is 24.3 Å². The Balaban J connectivity index is 1.86. The summed E-state index contributed by atoms with van der Waals surface area (Å²) in [5.41, 5.74) is 0.919. The third-order valence-corrected chi connectivity index (χ3v) is 4.39. The van der Waals surface area contributed by atoms with Gasteiger partial charge in [0.1, 0.15) is 5.75 Å². The SMILES string of the molecule is COc1c(F)ccc2c1[C@@H](C[C@H]1CCCN1C)CO2. The molecule has 0 bridgehead atoms. The van der Waals surface area contributed by atoms with Crippen molar-refractivity contribution in [2.24, 2.45) is 0 Å². The second-order valence-corrected chi connectivity index (χ2v) is 5.51. The molecule has 1 fully saturated rings. The van der Waals surface area contributed by atoms with E-state index in [2.05, 4.69) is 11.9 Å². The van der Waals surface area contributed by atoms with Crippen molar-refractivity contribution < 1.29 is 13.9 Å². The van der Waals surface area contributed by atoms with E-state index < -0.39 is 0 Å². The van der Waals surface area contributed by atoms with E-state index in [4.69, 9.17) is 9.47 Å². The second-order valence-electron chi connectivity index (χ2n) is 5.51. The van der Waals surface area contributed by atoms with Crippen LogP contribution in [0.4, 0.5) is 4.39 Å². The smallest absolute Gasteiger partial charge is 0.165 e. The van der Waals surface area contributed by atoms with Gasteiger partial charge in [-0.3, -0.25) is 0 Å². The molecular formula is C15H20FNO2. The molecule has 104 valence electrons. The van der Waals surface area contributed by atoms with E-state index in [9.17, 15) is 4.39 Å². The van der Waals surface area contributed by atoms with Crippen LogP contribution in [-0.4, -0.2) is 38.3 Å². The van der Waals surface area contributed by atoms with Crippen LogP contribution in [0.25, 0.3) is 0 Å². The predicted molar refractivity (Wildman–Crippen MR) is 71.5 cm³/mol. The largest absolute Gasteiger partial charge is 0.493 e. The van der Waals surface area contributed by atoms with Gasteiger partial charge in [-0.05, 0) is 45.0 Å². The molecule has 2 atom stereocenters. The molecule has 0 N–H and O–H groups in total. The average Bonchev–Trinajstić information content (AvgIpc) is 2.98.